The maximum Gasteiger partial charge on any atom is 0.343 e. The number of hydrogen-bond acceptors (Lipinski definition) is 6. The summed E-state index contributed by atoms with van der Waals surface area (Å²) in [6.45, 7) is 5.88. The van der Waals surface area contributed by atoms with Gasteiger partial charge in [-0.1, -0.05) is 18.2 Å². The van der Waals surface area contributed by atoms with Gasteiger partial charge in [0.1, 0.15) is 5.75 Å². The van der Waals surface area contributed by atoms with Crippen LogP contribution in [-0.4, -0.2) is 17.2 Å². The summed E-state index contributed by atoms with van der Waals surface area (Å²) >= 11 is 1.56. The van der Waals surface area contributed by atoms with Crippen molar-refractivity contribution >= 4 is 28.7 Å². The molecule has 0 aliphatic heterocycles. The first kappa shape index (κ1) is 17.8. The first-order valence-electron chi connectivity index (χ1n) is 8.14. The van der Waals surface area contributed by atoms with Gasteiger partial charge in [0, 0.05) is 4.88 Å². The quantitative estimate of drug-likeness (QED) is 0.307. The molecule has 1 heterocycles. The third kappa shape index (κ3) is 4.34. The Labute approximate surface area is 156 Å². The number of nitrogens with zero attached hydrogens (tertiary/aromatic N) is 2. The zero-order chi connectivity index (χ0) is 18.5. The highest BCUT2D eigenvalue weighted by atomic mass is 32.1. The van der Waals surface area contributed by atoms with Crippen LogP contribution in [0.2, 0.25) is 0 Å². The molecular formula is C20H19N3O2S. The van der Waals surface area contributed by atoms with Crippen molar-refractivity contribution in [2.45, 2.75) is 20.8 Å². The predicted molar refractivity (Wildman–Crippen MR) is 105 cm³/mol. The minimum absolute atomic E-state index is 0.360. The first-order valence-corrected chi connectivity index (χ1v) is 8.95. The van der Waals surface area contributed by atoms with Gasteiger partial charge in [-0.15, -0.1) is 11.3 Å². The smallest absolute Gasteiger partial charge is 0.343 e. The monoisotopic (exact) mass is 365 g/mol. The zero-order valence-corrected chi connectivity index (χ0v) is 15.6. The number of thiazole rings is 1. The molecule has 26 heavy (non-hydrogen) atoms. The van der Waals surface area contributed by atoms with E-state index >= 15 is 0 Å². The lowest BCUT2D eigenvalue weighted by Crippen LogP contribution is -2.10. The summed E-state index contributed by atoms with van der Waals surface area (Å²) < 4.78 is 5.42. The molecule has 3 rings (SSSR count). The molecule has 2 aromatic carbocycles. The van der Waals surface area contributed by atoms with Crippen LogP contribution < -0.4 is 10.2 Å². The number of carbonyl (C=O) groups excluding carboxylic acids is 1. The van der Waals surface area contributed by atoms with Crippen molar-refractivity contribution in [2.24, 2.45) is 5.10 Å². The van der Waals surface area contributed by atoms with Crippen LogP contribution in [0, 0.1) is 20.8 Å². The summed E-state index contributed by atoms with van der Waals surface area (Å²) in [4.78, 5) is 17.7. The molecule has 1 N–H and O–H groups in total. The Morgan fingerprint density at radius 3 is 2.50 bits per heavy atom. The lowest BCUT2D eigenvalue weighted by atomic mass is 10.1. The fourth-order valence-corrected chi connectivity index (χ4v) is 3.03. The molecule has 0 saturated heterocycles. The van der Waals surface area contributed by atoms with Gasteiger partial charge in [0.2, 0.25) is 5.13 Å². The highest BCUT2D eigenvalue weighted by molar-refractivity contribution is 7.15. The second-order valence-corrected chi connectivity index (χ2v) is 7.01. The van der Waals surface area contributed by atoms with Crippen molar-refractivity contribution in [1.82, 2.24) is 4.98 Å². The lowest BCUT2D eigenvalue weighted by molar-refractivity contribution is 0.0734. The van der Waals surface area contributed by atoms with Gasteiger partial charge in [-0.2, -0.15) is 5.10 Å². The summed E-state index contributed by atoms with van der Waals surface area (Å²) in [5.74, 6) is 0.134. The number of ether oxygens (including phenoxy) is 1. The summed E-state index contributed by atoms with van der Waals surface area (Å²) in [5.41, 5.74) is 6.27. The van der Waals surface area contributed by atoms with Crippen molar-refractivity contribution < 1.29 is 9.53 Å². The lowest BCUT2D eigenvalue weighted by Gasteiger charge is -2.06. The van der Waals surface area contributed by atoms with E-state index in [9.17, 15) is 4.79 Å². The van der Waals surface area contributed by atoms with E-state index in [0.717, 1.165) is 22.0 Å². The standard InChI is InChI=1S/C20H19N3O2S/c1-13-6-4-5-7-18(13)19(24)25-17-10-8-16(9-11-17)12-21-23-20-22-14(2)15(3)26-20/h4-12H,1-3H3,(H,22,23)/b21-12-. The van der Waals surface area contributed by atoms with Crippen molar-refractivity contribution in [1.29, 1.82) is 0 Å². The van der Waals surface area contributed by atoms with Crippen LogP contribution >= 0.6 is 11.3 Å². The summed E-state index contributed by atoms with van der Waals surface area (Å²) in [5, 5.41) is 4.95. The van der Waals surface area contributed by atoms with Gasteiger partial charge in [0.05, 0.1) is 17.5 Å². The van der Waals surface area contributed by atoms with Gasteiger partial charge in [-0.3, -0.25) is 5.43 Å². The number of anilines is 1. The van der Waals surface area contributed by atoms with E-state index in [2.05, 4.69) is 15.5 Å². The van der Waals surface area contributed by atoms with Crippen LogP contribution in [-0.2, 0) is 0 Å². The fraction of sp³-hybridized carbons (Fsp3) is 0.150. The van der Waals surface area contributed by atoms with Gasteiger partial charge in [0.15, 0.2) is 0 Å². The molecule has 0 unspecified atom stereocenters. The molecule has 132 valence electrons. The van der Waals surface area contributed by atoms with Crippen LogP contribution in [0.5, 0.6) is 5.75 Å². The van der Waals surface area contributed by atoms with Crippen LogP contribution in [0.15, 0.2) is 53.6 Å². The van der Waals surface area contributed by atoms with Crippen molar-refractivity contribution in [3.63, 3.8) is 0 Å². The van der Waals surface area contributed by atoms with Crippen LogP contribution in [0.4, 0.5) is 5.13 Å². The number of esters is 1. The molecule has 0 saturated carbocycles. The van der Waals surface area contributed by atoms with E-state index in [1.807, 2.05) is 51.1 Å². The third-order valence-electron chi connectivity index (χ3n) is 3.86. The molecule has 0 bridgehead atoms. The second kappa shape index (κ2) is 7.93. The fourth-order valence-electron chi connectivity index (χ4n) is 2.27. The largest absolute Gasteiger partial charge is 0.423 e. The van der Waals surface area contributed by atoms with Crippen LogP contribution in [0.3, 0.4) is 0 Å². The number of hydrazone groups is 1. The summed E-state index contributed by atoms with van der Waals surface area (Å²) in [7, 11) is 0. The van der Waals surface area contributed by atoms with E-state index in [0.29, 0.717) is 11.3 Å². The first-order chi connectivity index (χ1) is 12.5. The van der Waals surface area contributed by atoms with Crippen LogP contribution in [0.25, 0.3) is 0 Å². The molecule has 0 radical (unpaired) electrons. The number of rotatable bonds is 5. The maximum absolute atomic E-state index is 12.2. The Hall–Kier alpha value is -2.99. The van der Waals surface area contributed by atoms with Crippen molar-refractivity contribution in [3.05, 3.63) is 75.8 Å². The molecule has 0 amide bonds. The van der Waals surface area contributed by atoms with Gasteiger partial charge < -0.3 is 4.74 Å². The Morgan fingerprint density at radius 1 is 1.12 bits per heavy atom. The minimum atomic E-state index is -0.360. The number of aromatic nitrogens is 1. The van der Waals surface area contributed by atoms with E-state index < -0.39 is 0 Å². The molecular weight excluding hydrogens is 346 g/mol. The number of benzene rings is 2. The Kier molecular flexibility index (Phi) is 5.43. The number of nitrogens with one attached hydrogen (secondary N) is 1. The average molecular weight is 365 g/mol. The van der Waals surface area contributed by atoms with Gasteiger partial charge in [-0.05, 0) is 62.2 Å². The Morgan fingerprint density at radius 2 is 1.85 bits per heavy atom. The molecule has 0 aliphatic rings. The number of aryl methyl sites for hydroxylation is 3. The van der Waals surface area contributed by atoms with Crippen molar-refractivity contribution in [2.75, 3.05) is 5.43 Å². The minimum Gasteiger partial charge on any atom is -0.423 e. The Bertz CT molecular complexity index is 926. The molecule has 0 spiro atoms. The van der Waals surface area contributed by atoms with Crippen molar-refractivity contribution in [3.8, 4) is 5.75 Å². The second-order valence-electron chi connectivity index (χ2n) is 5.80. The molecule has 0 atom stereocenters. The average Bonchev–Trinajstić information content (AvgIpc) is 2.94. The van der Waals surface area contributed by atoms with Crippen LogP contribution in [0.1, 0.15) is 32.1 Å². The molecule has 3 aromatic rings. The highest BCUT2D eigenvalue weighted by Gasteiger charge is 2.10. The maximum atomic E-state index is 12.2. The SMILES string of the molecule is Cc1ccccc1C(=O)Oc1ccc(/C=N\Nc2nc(C)c(C)s2)cc1. The topological polar surface area (TPSA) is 63.6 Å². The molecule has 6 heteroatoms. The summed E-state index contributed by atoms with van der Waals surface area (Å²) in [6.07, 6.45) is 1.69. The molecule has 0 fully saturated rings. The molecule has 0 aliphatic carbocycles. The molecule has 5 nitrogen and oxygen atoms in total. The predicted octanol–water partition coefficient (Wildman–Crippen LogP) is 4.73. The summed E-state index contributed by atoms with van der Waals surface area (Å²) in [6, 6.07) is 14.5. The Balaban J connectivity index is 1.60. The van der Waals surface area contributed by atoms with Gasteiger partial charge in [0.25, 0.3) is 0 Å². The van der Waals surface area contributed by atoms with E-state index in [-0.39, 0.29) is 5.97 Å². The number of carbonyl (C=O) groups is 1. The number of hydrogen-bond donors (Lipinski definition) is 1. The molecule has 1 aromatic heterocycles. The van der Waals surface area contributed by atoms with Gasteiger partial charge in [-0.25, -0.2) is 9.78 Å². The van der Waals surface area contributed by atoms with E-state index in [1.165, 1.54) is 4.88 Å². The van der Waals surface area contributed by atoms with E-state index in [4.69, 9.17) is 4.74 Å². The normalized spacial score (nSPS) is 10.9. The van der Waals surface area contributed by atoms with E-state index in [1.54, 1.807) is 35.8 Å². The zero-order valence-electron chi connectivity index (χ0n) is 14.8. The van der Waals surface area contributed by atoms with Gasteiger partial charge >= 0.3 is 5.97 Å². The highest BCUT2D eigenvalue weighted by Crippen LogP contribution is 2.21. The third-order valence-corrected chi connectivity index (χ3v) is 4.84.